The first-order valence-corrected chi connectivity index (χ1v) is 14.0. The predicted molar refractivity (Wildman–Crippen MR) is 165 cm³/mol. The summed E-state index contributed by atoms with van der Waals surface area (Å²) in [4.78, 5) is 31.4. The van der Waals surface area contributed by atoms with Gasteiger partial charge in [0.1, 0.15) is 17.9 Å². The van der Waals surface area contributed by atoms with Gasteiger partial charge in [0.05, 0.1) is 36.6 Å². The van der Waals surface area contributed by atoms with Crippen LogP contribution in [0.1, 0.15) is 21.6 Å². The summed E-state index contributed by atoms with van der Waals surface area (Å²) in [6.07, 6.45) is 5.24. The van der Waals surface area contributed by atoms with Crippen LogP contribution < -0.4 is 35.2 Å². The molecular formula is C31H34N8O3. The van der Waals surface area contributed by atoms with Crippen molar-refractivity contribution in [2.45, 2.75) is 13.8 Å². The van der Waals surface area contributed by atoms with E-state index in [9.17, 15) is 4.79 Å². The molecule has 0 unspecified atom stereocenters. The zero-order valence-electron chi connectivity index (χ0n) is 24.0. The van der Waals surface area contributed by atoms with Gasteiger partial charge in [-0.25, -0.2) is 9.97 Å². The SMILES string of the molecule is COc1nccc(Nc2cnc3c(c2C)NCCO3)c1C(=O)Nc1ccc(N2CCN(c3ccc(C)nc3)CC2)cc1. The van der Waals surface area contributed by atoms with E-state index in [0.29, 0.717) is 36.0 Å². The highest BCUT2D eigenvalue weighted by Gasteiger charge is 2.22. The van der Waals surface area contributed by atoms with E-state index in [1.54, 1.807) is 18.5 Å². The normalized spacial score (nSPS) is 14.4. The van der Waals surface area contributed by atoms with Crippen LogP contribution in [0.3, 0.4) is 0 Å². The number of ether oxygens (including phenoxy) is 2. The number of nitrogens with one attached hydrogen (secondary N) is 3. The molecule has 0 atom stereocenters. The zero-order valence-corrected chi connectivity index (χ0v) is 24.0. The number of methoxy groups -OCH3 is 1. The molecule has 11 heteroatoms. The molecule has 2 aliphatic heterocycles. The third-order valence-corrected chi connectivity index (χ3v) is 7.58. The third-order valence-electron chi connectivity index (χ3n) is 7.58. The Balaban J connectivity index is 1.14. The number of anilines is 6. The molecule has 3 N–H and O–H groups in total. The largest absolute Gasteiger partial charge is 0.480 e. The molecule has 6 rings (SSSR count). The van der Waals surface area contributed by atoms with Gasteiger partial charge in [-0.3, -0.25) is 9.78 Å². The number of amides is 1. The van der Waals surface area contributed by atoms with E-state index < -0.39 is 0 Å². The lowest BCUT2D eigenvalue weighted by atomic mass is 10.1. The number of nitrogens with zero attached hydrogens (tertiary/aromatic N) is 5. The summed E-state index contributed by atoms with van der Waals surface area (Å²) < 4.78 is 11.1. The fourth-order valence-corrected chi connectivity index (χ4v) is 5.23. The Morgan fingerprint density at radius 1 is 0.905 bits per heavy atom. The maximum absolute atomic E-state index is 13.6. The lowest BCUT2D eigenvalue weighted by Crippen LogP contribution is -2.46. The van der Waals surface area contributed by atoms with E-state index in [1.807, 2.05) is 50.4 Å². The fraction of sp³-hybridized carbons (Fsp3) is 0.290. The summed E-state index contributed by atoms with van der Waals surface area (Å²) in [6, 6.07) is 13.8. The zero-order chi connectivity index (χ0) is 29.1. The van der Waals surface area contributed by atoms with Crippen molar-refractivity contribution in [3.8, 4) is 11.8 Å². The molecule has 3 aromatic heterocycles. The summed E-state index contributed by atoms with van der Waals surface area (Å²) >= 11 is 0. The van der Waals surface area contributed by atoms with Crippen LogP contribution in [-0.4, -0.2) is 67.3 Å². The van der Waals surface area contributed by atoms with Crippen LogP contribution in [0.15, 0.2) is 61.1 Å². The van der Waals surface area contributed by atoms with Gasteiger partial charge in [-0.15, -0.1) is 0 Å². The van der Waals surface area contributed by atoms with Crippen molar-refractivity contribution in [1.29, 1.82) is 0 Å². The molecule has 1 amide bonds. The molecule has 5 heterocycles. The van der Waals surface area contributed by atoms with Crippen molar-refractivity contribution < 1.29 is 14.3 Å². The Morgan fingerprint density at radius 3 is 2.36 bits per heavy atom. The van der Waals surface area contributed by atoms with Crippen molar-refractivity contribution in [3.05, 3.63) is 77.9 Å². The molecule has 0 radical (unpaired) electrons. The molecule has 2 aliphatic rings. The lowest BCUT2D eigenvalue weighted by Gasteiger charge is -2.37. The molecule has 42 heavy (non-hydrogen) atoms. The first kappa shape index (κ1) is 27.1. The topological polar surface area (TPSA) is 117 Å². The molecule has 1 saturated heterocycles. The second kappa shape index (κ2) is 11.8. The van der Waals surface area contributed by atoms with Crippen molar-refractivity contribution in [1.82, 2.24) is 15.0 Å². The molecule has 0 aliphatic carbocycles. The second-order valence-electron chi connectivity index (χ2n) is 10.3. The lowest BCUT2D eigenvalue weighted by molar-refractivity contribution is 0.102. The number of hydrogen-bond donors (Lipinski definition) is 3. The Bertz CT molecular complexity index is 1570. The number of pyridine rings is 3. The van der Waals surface area contributed by atoms with Crippen LogP contribution >= 0.6 is 0 Å². The number of rotatable bonds is 7. The van der Waals surface area contributed by atoms with Gasteiger partial charge in [0.25, 0.3) is 5.91 Å². The minimum absolute atomic E-state index is 0.223. The number of carbonyl (C=O) groups excluding carboxylic acids is 1. The molecule has 11 nitrogen and oxygen atoms in total. The summed E-state index contributed by atoms with van der Waals surface area (Å²) in [7, 11) is 1.50. The Morgan fingerprint density at radius 2 is 1.64 bits per heavy atom. The number of carbonyl (C=O) groups is 1. The van der Waals surface area contributed by atoms with Crippen molar-refractivity contribution in [2.24, 2.45) is 0 Å². The third kappa shape index (κ3) is 5.58. The second-order valence-corrected chi connectivity index (χ2v) is 10.3. The first-order valence-electron chi connectivity index (χ1n) is 14.0. The maximum atomic E-state index is 13.6. The predicted octanol–water partition coefficient (Wildman–Crippen LogP) is 4.62. The van der Waals surface area contributed by atoms with Crippen molar-refractivity contribution >= 4 is 40.0 Å². The average Bonchev–Trinajstić information content (AvgIpc) is 3.03. The van der Waals surface area contributed by atoms with E-state index in [-0.39, 0.29) is 11.8 Å². The number of hydrogen-bond acceptors (Lipinski definition) is 10. The molecule has 0 spiro atoms. The molecule has 1 fully saturated rings. The Labute approximate surface area is 244 Å². The molecule has 1 aromatic carbocycles. The molecule has 4 aromatic rings. The molecule has 0 bridgehead atoms. The minimum atomic E-state index is -0.333. The van der Waals surface area contributed by atoms with Gasteiger partial charge in [-0.05, 0) is 56.3 Å². The van der Waals surface area contributed by atoms with E-state index >= 15 is 0 Å². The maximum Gasteiger partial charge on any atom is 0.263 e. The fourth-order valence-electron chi connectivity index (χ4n) is 5.23. The van der Waals surface area contributed by atoms with Crippen LogP contribution in [0, 0.1) is 13.8 Å². The van der Waals surface area contributed by atoms with Gasteiger partial charge in [0.2, 0.25) is 11.8 Å². The Hall–Kier alpha value is -5.06. The van der Waals surface area contributed by atoms with E-state index in [4.69, 9.17) is 9.47 Å². The number of aryl methyl sites for hydroxylation is 1. The minimum Gasteiger partial charge on any atom is -0.480 e. The van der Waals surface area contributed by atoms with E-state index in [2.05, 4.69) is 46.8 Å². The van der Waals surface area contributed by atoms with Crippen LogP contribution in [0.4, 0.5) is 34.1 Å². The van der Waals surface area contributed by atoms with Crippen molar-refractivity contribution in [3.63, 3.8) is 0 Å². The molecule has 216 valence electrons. The van der Waals surface area contributed by atoms with Gasteiger partial charge in [0, 0.05) is 61.6 Å². The van der Waals surface area contributed by atoms with Gasteiger partial charge < -0.3 is 35.2 Å². The summed E-state index contributed by atoms with van der Waals surface area (Å²) in [5.41, 5.74) is 7.35. The van der Waals surface area contributed by atoms with Crippen molar-refractivity contribution in [2.75, 3.05) is 72.2 Å². The highest BCUT2D eigenvalue weighted by Crippen LogP contribution is 2.36. The van der Waals surface area contributed by atoms with Crippen LogP contribution in [0.5, 0.6) is 11.8 Å². The van der Waals surface area contributed by atoms with Gasteiger partial charge >= 0.3 is 0 Å². The highest BCUT2D eigenvalue weighted by molar-refractivity contribution is 6.10. The number of benzene rings is 1. The van der Waals surface area contributed by atoms with Crippen LogP contribution in [0.2, 0.25) is 0 Å². The number of piperazine rings is 1. The van der Waals surface area contributed by atoms with E-state index in [1.165, 1.54) is 7.11 Å². The monoisotopic (exact) mass is 566 g/mol. The number of aromatic nitrogens is 3. The smallest absolute Gasteiger partial charge is 0.263 e. The van der Waals surface area contributed by atoms with Gasteiger partial charge in [0.15, 0.2) is 0 Å². The number of fused-ring (bicyclic) bond motifs is 1. The quantitative estimate of drug-likeness (QED) is 0.292. The Kier molecular flexibility index (Phi) is 7.63. The first-order chi connectivity index (χ1) is 20.5. The summed E-state index contributed by atoms with van der Waals surface area (Å²) in [6.45, 7) is 8.89. The summed E-state index contributed by atoms with van der Waals surface area (Å²) in [5.74, 6) is 0.463. The van der Waals surface area contributed by atoms with Gasteiger partial charge in [-0.1, -0.05) is 0 Å². The van der Waals surface area contributed by atoms with Crippen LogP contribution in [-0.2, 0) is 0 Å². The van der Waals surface area contributed by atoms with Gasteiger partial charge in [-0.2, -0.15) is 0 Å². The molecular weight excluding hydrogens is 532 g/mol. The molecule has 0 saturated carbocycles. The standard InChI is InChI=1S/C31H34N8O3/c1-20-4-7-24(18-34-20)39-15-13-38(14-16-39)23-8-5-22(6-9-23)36-29(40)27-25(10-11-33-30(27)41-3)37-26-19-35-31-28(21(26)2)32-12-17-42-31/h4-11,18-19,32H,12-17H2,1-3H3,(H,33,37)(H,36,40). The highest BCUT2D eigenvalue weighted by atomic mass is 16.5. The van der Waals surface area contributed by atoms with Crippen LogP contribution in [0.25, 0.3) is 0 Å². The average molecular weight is 567 g/mol. The summed E-state index contributed by atoms with van der Waals surface area (Å²) in [5, 5.41) is 9.69. The van der Waals surface area contributed by atoms with E-state index in [0.717, 1.165) is 60.2 Å².